The van der Waals surface area contributed by atoms with Gasteiger partial charge in [0, 0.05) is 0 Å². The Balaban J connectivity index is 2.53. The van der Waals surface area contributed by atoms with Crippen molar-refractivity contribution in [2.75, 3.05) is 20.1 Å². The lowest BCUT2D eigenvalue weighted by molar-refractivity contribution is -0.00963. The molecule has 0 radical (unpaired) electrons. The summed E-state index contributed by atoms with van der Waals surface area (Å²) in [5, 5.41) is 11.1. The van der Waals surface area contributed by atoms with Gasteiger partial charge in [0.25, 0.3) is 0 Å². The molecule has 0 amide bonds. The van der Waals surface area contributed by atoms with Crippen LogP contribution in [-0.2, 0) is 4.74 Å². The highest BCUT2D eigenvalue weighted by atomic mass is 16.6. The average molecular weight is 119 g/mol. The first kappa shape index (κ1) is 7.88. The number of nitrogens with one attached hydrogen (secondary N) is 1. The molecular weight excluding hydrogens is 106 g/mol. The van der Waals surface area contributed by atoms with Gasteiger partial charge in [-0.2, -0.15) is 0 Å². The molecule has 0 aliphatic carbocycles. The molecule has 0 heterocycles. The molecular formula is C5H13NO2. The monoisotopic (exact) mass is 119 g/mol. The first-order valence-corrected chi connectivity index (χ1v) is 2.81. The molecule has 0 unspecified atom stereocenters. The quantitative estimate of drug-likeness (QED) is 0.392. The molecule has 50 valence electrons. The van der Waals surface area contributed by atoms with Crippen molar-refractivity contribution in [3.8, 4) is 0 Å². The molecule has 0 spiro atoms. The van der Waals surface area contributed by atoms with E-state index in [1.165, 1.54) is 0 Å². The molecule has 0 atom stereocenters. The molecule has 0 saturated carbocycles. The molecule has 3 heteroatoms. The number of rotatable bonds is 5. The van der Waals surface area contributed by atoms with Crippen molar-refractivity contribution in [1.29, 1.82) is 0 Å². The van der Waals surface area contributed by atoms with E-state index in [0.29, 0.717) is 6.73 Å². The fourth-order valence-electron chi connectivity index (χ4n) is 0.367. The van der Waals surface area contributed by atoms with Crippen LogP contribution in [0.25, 0.3) is 0 Å². The summed E-state index contributed by atoms with van der Waals surface area (Å²) in [7, 11) is 0. The number of aliphatic hydroxyl groups is 1. The Labute approximate surface area is 49.7 Å². The summed E-state index contributed by atoms with van der Waals surface area (Å²) in [5.41, 5.74) is 0. The predicted molar refractivity (Wildman–Crippen MR) is 31.3 cm³/mol. The number of ether oxygens (including phenoxy) is 1. The second-order valence-corrected chi connectivity index (χ2v) is 1.48. The van der Waals surface area contributed by atoms with Gasteiger partial charge in [-0.25, -0.2) is 0 Å². The summed E-state index contributed by atoms with van der Waals surface area (Å²) in [4.78, 5) is 0. The van der Waals surface area contributed by atoms with Crippen LogP contribution in [0.5, 0.6) is 0 Å². The van der Waals surface area contributed by atoms with Crippen molar-refractivity contribution in [3.05, 3.63) is 0 Å². The second kappa shape index (κ2) is 6.88. The molecule has 0 aromatic carbocycles. The van der Waals surface area contributed by atoms with Gasteiger partial charge in [0.05, 0.1) is 6.73 Å². The molecule has 0 aromatic rings. The molecule has 0 aromatic heterocycles. The Morgan fingerprint density at radius 1 is 1.62 bits per heavy atom. The lowest BCUT2D eigenvalue weighted by Crippen LogP contribution is -2.18. The fraction of sp³-hybridized carbons (Fsp3) is 1.00. The summed E-state index contributed by atoms with van der Waals surface area (Å²) in [6, 6.07) is 0. The second-order valence-electron chi connectivity index (χ2n) is 1.48. The summed E-state index contributed by atoms with van der Waals surface area (Å²) in [5.74, 6) is 0. The smallest absolute Gasteiger partial charge is 0.145 e. The Hall–Kier alpha value is -0.120. The molecule has 3 nitrogen and oxygen atoms in total. The van der Waals surface area contributed by atoms with Crippen LogP contribution >= 0.6 is 0 Å². The maximum Gasteiger partial charge on any atom is 0.145 e. The highest BCUT2D eigenvalue weighted by Crippen LogP contribution is 1.69. The molecule has 0 saturated heterocycles. The Kier molecular flexibility index (Phi) is 6.78. The lowest BCUT2D eigenvalue weighted by Gasteiger charge is -1.99. The van der Waals surface area contributed by atoms with Crippen LogP contribution in [0.2, 0.25) is 0 Å². The van der Waals surface area contributed by atoms with E-state index in [-0.39, 0.29) is 6.79 Å². The zero-order valence-corrected chi connectivity index (χ0v) is 5.18. The largest absolute Gasteiger partial charge is 0.371 e. The topological polar surface area (TPSA) is 41.5 Å². The minimum absolute atomic E-state index is 0.198. The van der Waals surface area contributed by atoms with Crippen LogP contribution in [-0.4, -0.2) is 25.2 Å². The Morgan fingerprint density at radius 2 is 2.38 bits per heavy atom. The van der Waals surface area contributed by atoms with Crippen LogP contribution in [0.4, 0.5) is 0 Å². The normalized spacial score (nSPS) is 9.75. The van der Waals surface area contributed by atoms with Crippen molar-refractivity contribution in [3.63, 3.8) is 0 Å². The highest BCUT2D eigenvalue weighted by molar-refractivity contribution is 4.32. The van der Waals surface area contributed by atoms with Crippen LogP contribution < -0.4 is 5.32 Å². The van der Waals surface area contributed by atoms with E-state index in [0.717, 1.165) is 13.0 Å². The van der Waals surface area contributed by atoms with Gasteiger partial charge >= 0.3 is 0 Å². The van der Waals surface area contributed by atoms with E-state index < -0.39 is 0 Å². The molecule has 0 aliphatic heterocycles. The SMILES string of the molecule is CCCNCOCO. The Morgan fingerprint density at radius 3 is 2.88 bits per heavy atom. The van der Waals surface area contributed by atoms with E-state index in [2.05, 4.69) is 17.0 Å². The van der Waals surface area contributed by atoms with Gasteiger partial charge < -0.3 is 9.84 Å². The van der Waals surface area contributed by atoms with Gasteiger partial charge in [0.15, 0.2) is 0 Å². The van der Waals surface area contributed by atoms with Crippen LogP contribution in [0.15, 0.2) is 0 Å². The van der Waals surface area contributed by atoms with Crippen LogP contribution in [0.3, 0.4) is 0 Å². The van der Waals surface area contributed by atoms with Crippen molar-refractivity contribution in [1.82, 2.24) is 5.32 Å². The van der Waals surface area contributed by atoms with Gasteiger partial charge in [-0.3, -0.25) is 5.32 Å². The molecule has 0 aliphatic rings. The Bertz CT molecular complexity index is 35.4. The van der Waals surface area contributed by atoms with Crippen molar-refractivity contribution in [2.24, 2.45) is 0 Å². The standard InChI is InChI=1S/C5H13NO2/c1-2-3-6-4-8-5-7/h6-7H,2-5H2,1H3. The third kappa shape index (κ3) is 5.88. The van der Waals surface area contributed by atoms with Gasteiger partial charge in [0.2, 0.25) is 0 Å². The van der Waals surface area contributed by atoms with Crippen molar-refractivity contribution >= 4 is 0 Å². The maximum atomic E-state index is 8.10. The van der Waals surface area contributed by atoms with Gasteiger partial charge in [-0.05, 0) is 13.0 Å². The molecule has 0 rings (SSSR count). The van der Waals surface area contributed by atoms with Crippen LogP contribution in [0.1, 0.15) is 13.3 Å². The molecule has 8 heavy (non-hydrogen) atoms. The first-order chi connectivity index (χ1) is 3.91. The van der Waals surface area contributed by atoms with Crippen LogP contribution in [0, 0.1) is 0 Å². The van der Waals surface area contributed by atoms with E-state index in [4.69, 9.17) is 5.11 Å². The lowest BCUT2D eigenvalue weighted by atomic mass is 10.5. The predicted octanol–water partition coefficient (Wildman–Crippen LogP) is -0.0901. The fourth-order valence-corrected chi connectivity index (χ4v) is 0.367. The zero-order chi connectivity index (χ0) is 6.24. The minimum atomic E-state index is -0.198. The summed E-state index contributed by atoms with van der Waals surface area (Å²) < 4.78 is 4.58. The van der Waals surface area contributed by atoms with Gasteiger partial charge in [-0.1, -0.05) is 6.92 Å². The van der Waals surface area contributed by atoms with E-state index in [9.17, 15) is 0 Å². The van der Waals surface area contributed by atoms with E-state index in [1.807, 2.05) is 0 Å². The number of hydrogen-bond donors (Lipinski definition) is 2. The zero-order valence-electron chi connectivity index (χ0n) is 5.18. The molecule has 2 N–H and O–H groups in total. The van der Waals surface area contributed by atoms with Gasteiger partial charge in [-0.15, -0.1) is 0 Å². The van der Waals surface area contributed by atoms with Gasteiger partial charge in [0.1, 0.15) is 6.79 Å². The highest BCUT2D eigenvalue weighted by Gasteiger charge is 1.79. The van der Waals surface area contributed by atoms with E-state index >= 15 is 0 Å². The third-order valence-corrected chi connectivity index (χ3v) is 0.722. The number of aliphatic hydroxyl groups excluding tert-OH is 1. The van der Waals surface area contributed by atoms with E-state index in [1.54, 1.807) is 0 Å². The molecule has 0 fully saturated rings. The van der Waals surface area contributed by atoms with Crippen molar-refractivity contribution < 1.29 is 9.84 Å². The third-order valence-electron chi connectivity index (χ3n) is 0.722. The average Bonchev–Trinajstić information content (AvgIpc) is 1.81. The van der Waals surface area contributed by atoms with Crippen molar-refractivity contribution in [2.45, 2.75) is 13.3 Å². The first-order valence-electron chi connectivity index (χ1n) is 2.81. The number of hydrogen-bond acceptors (Lipinski definition) is 3. The molecule has 0 bridgehead atoms. The minimum Gasteiger partial charge on any atom is -0.371 e. The summed E-state index contributed by atoms with van der Waals surface area (Å²) >= 11 is 0. The summed E-state index contributed by atoms with van der Waals surface area (Å²) in [6.07, 6.45) is 1.09. The summed E-state index contributed by atoms with van der Waals surface area (Å²) in [6.45, 7) is 3.27. The maximum absolute atomic E-state index is 8.10.